The molecule has 0 aliphatic heterocycles. The molecule has 41 heavy (non-hydrogen) atoms. The molecule has 2 fully saturated rings. The van der Waals surface area contributed by atoms with Crippen molar-refractivity contribution in [1.82, 2.24) is 20.4 Å². The highest BCUT2D eigenvalue weighted by atomic mass is 19.1. The lowest BCUT2D eigenvalue weighted by Gasteiger charge is -2.27. The number of halogens is 1. The van der Waals surface area contributed by atoms with E-state index >= 15 is 0 Å². The van der Waals surface area contributed by atoms with E-state index in [9.17, 15) is 14.0 Å². The summed E-state index contributed by atoms with van der Waals surface area (Å²) >= 11 is 0. The molecule has 2 amide bonds. The first-order valence-electron chi connectivity index (χ1n) is 14.3. The van der Waals surface area contributed by atoms with E-state index in [1.807, 2.05) is 22.9 Å². The third-order valence-electron chi connectivity index (χ3n) is 7.91. The number of aromatic nitrogens is 2. The lowest BCUT2D eigenvalue weighted by Crippen LogP contribution is -2.43. The molecule has 2 aliphatic rings. The van der Waals surface area contributed by atoms with Gasteiger partial charge in [0.2, 0.25) is 5.91 Å². The first-order chi connectivity index (χ1) is 19.9. The lowest BCUT2D eigenvalue weighted by molar-refractivity contribution is -0.122. The van der Waals surface area contributed by atoms with Crippen molar-refractivity contribution in [2.75, 3.05) is 14.2 Å². The SMILES string of the molecule is COc1cccc(OC)c1-c1cc(C(=O)NC(C=Cc2ccc(F)cc2)CC(=O)NC2CCC2)nn1C1CCCC1. The summed E-state index contributed by atoms with van der Waals surface area (Å²) in [5, 5.41) is 10.8. The fourth-order valence-electron chi connectivity index (χ4n) is 5.47. The van der Waals surface area contributed by atoms with Crippen molar-refractivity contribution in [2.45, 2.75) is 69.5 Å². The van der Waals surface area contributed by atoms with Gasteiger partial charge in [-0.25, -0.2) is 4.39 Å². The molecule has 1 atom stereocenters. The van der Waals surface area contributed by atoms with Crippen LogP contribution in [0.5, 0.6) is 11.5 Å². The van der Waals surface area contributed by atoms with Crippen LogP contribution in [0.2, 0.25) is 0 Å². The minimum Gasteiger partial charge on any atom is -0.496 e. The maximum absolute atomic E-state index is 13.6. The van der Waals surface area contributed by atoms with E-state index in [1.165, 1.54) is 12.1 Å². The van der Waals surface area contributed by atoms with Crippen LogP contribution in [0.4, 0.5) is 4.39 Å². The van der Waals surface area contributed by atoms with Gasteiger partial charge in [-0.1, -0.05) is 43.2 Å². The van der Waals surface area contributed by atoms with Gasteiger partial charge < -0.3 is 20.1 Å². The monoisotopic (exact) mass is 560 g/mol. The summed E-state index contributed by atoms with van der Waals surface area (Å²) in [4.78, 5) is 26.4. The normalized spacial score (nSPS) is 16.4. The number of hydrogen-bond donors (Lipinski definition) is 2. The van der Waals surface area contributed by atoms with Crippen LogP contribution in [0.25, 0.3) is 17.3 Å². The second-order valence-corrected chi connectivity index (χ2v) is 10.7. The highest BCUT2D eigenvalue weighted by Crippen LogP contribution is 2.41. The molecule has 9 heteroatoms. The van der Waals surface area contributed by atoms with Gasteiger partial charge in [-0.15, -0.1) is 0 Å². The number of nitrogens with one attached hydrogen (secondary N) is 2. The Morgan fingerprint density at radius 3 is 2.32 bits per heavy atom. The Bertz CT molecular complexity index is 1370. The van der Waals surface area contributed by atoms with E-state index in [4.69, 9.17) is 14.6 Å². The summed E-state index contributed by atoms with van der Waals surface area (Å²) in [5.74, 6) is 0.417. The second kappa shape index (κ2) is 13.0. The molecule has 1 aromatic heterocycles. The molecule has 2 N–H and O–H groups in total. The van der Waals surface area contributed by atoms with Crippen molar-refractivity contribution in [3.8, 4) is 22.8 Å². The number of carbonyl (C=O) groups is 2. The number of carbonyl (C=O) groups excluding carboxylic acids is 2. The van der Waals surface area contributed by atoms with Crippen LogP contribution in [-0.2, 0) is 4.79 Å². The summed E-state index contributed by atoms with van der Waals surface area (Å²) in [5.41, 5.74) is 2.50. The number of rotatable bonds is 11. The van der Waals surface area contributed by atoms with Gasteiger partial charge in [0.15, 0.2) is 5.69 Å². The van der Waals surface area contributed by atoms with Gasteiger partial charge in [0.05, 0.1) is 44.0 Å². The number of nitrogens with zero attached hydrogens (tertiary/aromatic N) is 2. The smallest absolute Gasteiger partial charge is 0.272 e. The van der Waals surface area contributed by atoms with E-state index in [0.717, 1.165) is 61.8 Å². The average Bonchev–Trinajstić information content (AvgIpc) is 3.64. The summed E-state index contributed by atoms with van der Waals surface area (Å²) < 4.78 is 26.6. The van der Waals surface area contributed by atoms with E-state index in [-0.39, 0.29) is 41.8 Å². The minimum absolute atomic E-state index is 0.0798. The molecule has 8 nitrogen and oxygen atoms in total. The zero-order chi connectivity index (χ0) is 28.8. The Kier molecular flexibility index (Phi) is 9.01. The van der Waals surface area contributed by atoms with Crippen LogP contribution in [0.3, 0.4) is 0 Å². The molecule has 3 aromatic rings. The number of benzene rings is 2. The molecule has 0 spiro atoms. The third kappa shape index (κ3) is 6.78. The highest BCUT2D eigenvalue weighted by Gasteiger charge is 2.28. The first-order valence-corrected chi connectivity index (χ1v) is 14.3. The molecule has 0 saturated heterocycles. The zero-order valence-electron chi connectivity index (χ0n) is 23.6. The second-order valence-electron chi connectivity index (χ2n) is 10.7. The van der Waals surface area contributed by atoms with Crippen LogP contribution in [0.1, 0.15) is 73.5 Å². The number of amides is 2. The van der Waals surface area contributed by atoms with Gasteiger partial charge in [-0.3, -0.25) is 14.3 Å². The van der Waals surface area contributed by atoms with Crippen molar-refractivity contribution in [3.63, 3.8) is 0 Å². The van der Waals surface area contributed by atoms with Crippen LogP contribution < -0.4 is 20.1 Å². The number of ether oxygens (including phenoxy) is 2. The van der Waals surface area contributed by atoms with Gasteiger partial charge in [0.25, 0.3) is 5.91 Å². The molecule has 0 radical (unpaired) electrons. The predicted molar refractivity (Wildman–Crippen MR) is 155 cm³/mol. The van der Waals surface area contributed by atoms with Gasteiger partial charge in [0, 0.05) is 6.04 Å². The Morgan fingerprint density at radius 1 is 1.02 bits per heavy atom. The van der Waals surface area contributed by atoms with Crippen molar-refractivity contribution in [3.05, 3.63) is 71.7 Å². The van der Waals surface area contributed by atoms with Crippen LogP contribution in [-0.4, -0.2) is 47.9 Å². The van der Waals surface area contributed by atoms with E-state index < -0.39 is 6.04 Å². The first kappa shape index (κ1) is 28.4. The van der Waals surface area contributed by atoms with E-state index in [2.05, 4.69) is 10.6 Å². The molecule has 1 heterocycles. The summed E-state index contributed by atoms with van der Waals surface area (Å²) in [6.07, 6.45) is 10.8. The van der Waals surface area contributed by atoms with E-state index in [0.29, 0.717) is 11.5 Å². The lowest BCUT2D eigenvalue weighted by atomic mass is 9.93. The fraction of sp³-hybridized carbons (Fsp3) is 0.406. The maximum Gasteiger partial charge on any atom is 0.272 e. The zero-order valence-corrected chi connectivity index (χ0v) is 23.6. The van der Waals surface area contributed by atoms with Crippen molar-refractivity contribution in [2.24, 2.45) is 0 Å². The Morgan fingerprint density at radius 2 is 1.71 bits per heavy atom. The standard InChI is InChI=1S/C32H37FN4O4/c1-40-28-11-6-12-29(41-2)31(28)27-20-26(36-37(27)25-9-3-4-10-25)32(39)35-24(19-30(38)34-23-7-5-8-23)18-15-21-13-16-22(33)17-14-21/h6,11-18,20,23-25H,3-5,7-10,19H2,1-2H3,(H,34,38)(H,35,39). The molecule has 1 unspecified atom stereocenters. The third-order valence-corrected chi connectivity index (χ3v) is 7.91. The molecule has 0 bridgehead atoms. The predicted octanol–water partition coefficient (Wildman–Crippen LogP) is 5.69. The van der Waals surface area contributed by atoms with Gasteiger partial charge in [-0.2, -0.15) is 5.10 Å². The van der Waals surface area contributed by atoms with Crippen molar-refractivity contribution < 1.29 is 23.5 Å². The quantitative estimate of drug-likeness (QED) is 0.314. The topological polar surface area (TPSA) is 94.5 Å². The summed E-state index contributed by atoms with van der Waals surface area (Å²) in [6.45, 7) is 0. The van der Waals surface area contributed by atoms with Crippen molar-refractivity contribution in [1.29, 1.82) is 0 Å². The Labute approximate surface area is 239 Å². The largest absolute Gasteiger partial charge is 0.496 e. The highest BCUT2D eigenvalue weighted by molar-refractivity contribution is 5.95. The molecular formula is C32H37FN4O4. The summed E-state index contributed by atoms with van der Waals surface area (Å²) in [6, 6.07) is 13.2. The minimum atomic E-state index is -0.589. The van der Waals surface area contributed by atoms with Gasteiger partial charge >= 0.3 is 0 Å². The van der Waals surface area contributed by atoms with Crippen LogP contribution in [0, 0.1) is 5.82 Å². The molecule has 2 aromatic carbocycles. The van der Waals surface area contributed by atoms with Crippen LogP contribution >= 0.6 is 0 Å². The van der Waals surface area contributed by atoms with Gasteiger partial charge in [-0.05, 0) is 68.0 Å². The van der Waals surface area contributed by atoms with Crippen LogP contribution in [0.15, 0.2) is 54.6 Å². The van der Waals surface area contributed by atoms with E-state index in [1.54, 1.807) is 44.6 Å². The number of methoxy groups -OCH3 is 2. The molecular weight excluding hydrogens is 523 g/mol. The fourth-order valence-corrected chi connectivity index (χ4v) is 5.47. The van der Waals surface area contributed by atoms with Crippen molar-refractivity contribution >= 4 is 17.9 Å². The summed E-state index contributed by atoms with van der Waals surface area (Å²) in [7, 11) is 3.21. The average molecular weight is 561 g/mol. The number of hydrogen-bond acceptors (Lipinski definition) is 5. The van der Waals surface area contributed by atoms with Gasteiger partial charge in [0.1, 0.15) is 17.3 Å². The molecule has 2 aliphatic carbocycles. The molecule has 5 rings (SSSR count). The Hall–Kier alpha value is -4.14. The Balaban J connectivity index is 1.43. The maximum atomic E-state index is 13.6. The molecule has 2 saturated carbocycles. The molecule has 216 valence electrons.